The van der Waals surface area contributed by atoms with Crippen molar-refractivity contribution in [1.29, 1.82) is 0 Å². The largest absolute Gasteiger partial charge is 0.504 e. The second-order valence-corrected chi connectivity index (χ2v) is 4.60. The third-order valence-electron chi connectivity index (χ3n) is 2.68. The Morgan fingerprint density at radius 2 is 2.14 bits per heavy atom. The molecule has 2 rings (SSSR count). The molecule has 1 heterocycles. The van der Waals surface area contributed by atoms with Crippen LogP contribution in [0.2, 0.25) is 5.02 Å². The van der Waals surface area contributed by atoms with E-state index in [1.807, 2.05) is 0 Å². The Bertz CT molecular complexity index is 713. The quantitative estimate of drug-likeness (QED) is 0.873. The number of aromatic nitrogens is 2. The molecule has 0 aliphatic rings. The molecule has 118 valence electrons. The predicted molar refractivity (Wildman–Crippen MR) is 71.2 cm³/mol. The second kappa shape index (κ2) is 5.88. The number of aromatic hydroxyl groups is 1. The molecule has 0 saturated heterocycles. The molecular formula is C13H10ClF3N2O3. The van der Waals surface area contributed by atoms with Crippen LogP contribution in [0, 0.1) is 0 Å². The van der Waals surface area contributed by atoms with Crippen LogP contribution < -0.4 is 0 Å². The van der Waals surface area contributed by atoms with Crippen LogP contribution in [-0.2, 0) is 10.9 Å². The lowest BCUT2D eigenvalue weighted by Crippen LogP contribution is -2.09. The van der Waals surface area contributed by atoms with Gasteiger partial charge in [-0.15, -0.1) is 0 Å². The van der Waals surface area contributed by atoms with E-state index in [-0.39, 0.29) is 18.0 Å². The number of alkyl halides is 3. The Balaban J connectivity index is 2.45. The zero-order valence-electron chi connectivity index (χ0n) is 11.2. The van der Waals surface area contributed by atoms with E-state index in [0.29, 0.717) is 0 Å². The third kappa shape index (κ3) is 3.16. The average Bonchev–Trinajstić information content (AvgIpc) is 2.80. The van der Waals surface area contributed by atoms with E-state index >= 15 is 0 Å². The van der Waals surface area contributed by atoms with E-state index in [4.69, 9.17) is 11.6 Å². The lowest BCUT2D eigenvalue weighted by molar-refractivity contribution is -0.137. The summed E-state index contributed by atoms with van der Waals surface area (Å²) in [5.41, 5.74) is -1.44. The molecule has 9 heteroatoms. The van der Waals surface area contributed by atoms with Gasteiger partial charge in [0.15, 0.2) is 5.75 Å². The van der Waals surface area contributed by atoms with Crippen molar-refractivity contribution in [1.82, 2.24) is 9.78 Å². The molecule has 0 amide bonds. The van der Waals surface area contributed by atoms with E-state index < -0.39 is 28.5 Å². The molecular weight excluding hydrogens is 325 g/mol. The Labute approximate surface area is 127 Å². The third-order valence-corrected chi connectivity index (χ3v) is 3.01. The standard InChI is InChI=1S/C13H10ClF3N2O3/c1-2-22-12(21)11-10(20)6-19(18-11)7-3-4-9(14)8(5-7)13(15,16)17/h3-6,20H,2H2,1H3. The van der Waals surface area contributed by atoms with Gasteiger partial charge < -0.3 is 9.84 Å². The molecule has 0 fully saturated rings. The Morgan fingerprint density at radius 1 is 1.45 bits per heavy atom. The summed E-state index contributed by atoms with van der Waals surface area (Å²) in [6.07, 6.45) is -3.62. The molecule has 1 aromatic carbocycles. The predicted octanol–water partition coefficient (Wildman–Crippen LogP) is 3.43. The lowest BCUT2D eigenvalue weighted by Gasteiger charge is -2.10. The number of benzene rings is 1. The summed E-state index contributed by atoms with van der Waals surface area (Å²) in [4.78, 5) is 11.5. The molecule has 5 nitrogen and oxygen atoms in total. The van der Waals surface area contributed by atoms with Gasteiger partial charge in [-0.2, -0.15) is 18.3 Å². The summed E-state index contributed by atoms with van der Waals surface area (Å²) in [6, 6.07) is 3.10. The number of hydrogen-bond donors (Lipinski definition) is 1. The summed E-state index contributed by atoms with van der Waals surface area (Å²) in [5, 5.41) is 12.9. The van der Waals surface area contributed by atoms with E-state index in [9.17, 15) is 23.1 Å². The van der Waals surface area contributed by atoms with Gasteiger partial charge in [-0.25, -0.2) is 9.48 Å². The number of ether oxygens (including phenoxy) is 1. The van der Waals surface area contributed by atoms with Crippen molar-refractivity contribution in [3.63, 3.8) is 0 Å². The molecule has 2 aromatic rings. The van der Waals surface area contributed by atoms with Gasteiger partial charge in [0.05, 0.1) is 29.1 Å². The van der Waals surface area contributed by atoms with Gasteiger partial charge in [0.2, 0.25) is 5.69 Å². The van der Waals surface area contributed by atoms with E-state index in [0.717, 1.165) is 23.0 Å². The zero-order valence-corrected chi connectivity index (χ0v) is 11.9. The van der Waals surface area contributed by atoms with Crippen LogP contribution in [0.1, 0.15) is 23.0 Å². The molecule has 0 radical (unpaired) electrons. The molecule has 0 aliphatic heterocycles. The van der Waals surface area contributed by atoms with Gasteiger partial charge in [-0.05, 0) is 25.1 Å². The number of nitrogens with zero attached hydrogens (tertiary/aromatic N) is 2. The fourth-order valence-corrected chi connectivity index (χ4v) is 1.94. The minimum atomic E-state index is -4.63. The van der Waals surface area contributed by atoms with E-state index in [2.05, 4.69) is 9.84 Å². The first-order chi connectivity index (χ1) is 10.2. The van der Waals surface area contributed by atoms with Crippen LogP contribution >= 0.6 is 11.6 Å². The minimum absolute atomic E-state index is 0.0115. The zero-order chi connectivity index (χ0) is 16.5. The van der Waals surface area contributed by atoms with E-state index in [1.54, 1.807) is 6.92 Å². The number of carbonyl (C=O) groups is 1. The SMILES string of the molecule is CCOC(=O)c1nn(-c2ccc(Cl)c(C(F)(F)F)c2)cc1O. The van der Waals surface area contributed by atoms with Crippen LogP contribution in [0.4, 0.5) is 13.2 Å². The smallest absolute Gasteiger partial charge is 0.417 e. The van der Waals surface area contributed by atoms with Crippen molar-refractivity contribution in [3.05, 3.63) is 40.7 Å². The molecule has 0 unspecified atom stereocenters. The highest BCUT2D eigenvalue weighted by Crippen LogP contribution is 2.36. The number of carbonyl (C=O) groups excluding carboxylic acids is 1. The van der Waals surface area contributed by atoms with Crippen molar-refractivity contribution in [2.45, 2.75) is 13.1 Å². The summed E-state index contributed by atoms with van der Waals surface area (Å²) in [6.45, 7) is 1.64. The maximum atomic E-state index is 12.8. The van der Waals surface area contributed by atoms with Crippen molar-refractivity contribution in [3.8, 4) is 11.4 Å². The Morgan fingerprint density at radius 3 is 2.73 bits per heavy atom. The van der Waals surface area contributed by atoms with Gasteiger partial charge in [-0.1, -0.05) is 11.6 Å². The highest BCUT2D eigenvalue weighted by atomic mass is 35.5. The molecule has 0 atom stereocenters. The number of rotatable bonds is 3. The summed E-state index contributed by atoms with van der Waals surface area (Å²) >= 11 is 5.52. The van der Waals surface area contributed by atoms with Crippen LogP contribution in [-0.4, -0.2) is 27.5 Å². The van der Waals surface area contributed by atoms with Crippen LogP contribution in [0.15, 0.2) is 24.4 Å². The fourth-order valence-electron chi connectivity index (χ4n) is 1.71. The van der Waals surface area contributed by atoms with Gasteiger partial charge >= 0.3 is 12.1 Å². The van der Waals surface area contributed by atoms with E-state index in [1.165, 1.54) is 6.07 Å². The Kier molecular flexibility index (Phi) is 4.32. The number of hydrogen-bond acceptors (Lipinski definition) is 4. The highest BCUT2D eigenvalue weighted by Gasteiger charge is 2.33. The van der Waals surface area contributed by atoms with Gasteiger partial charge in [0.1, 0.15) is 0 Å². The highest BCUT2D eigenvalue weighted by molar-refractivity contribution is 6.31. The monoisotopic (exact) mass is 334 g/mol. The summed E-state index contributed by atoms with van der Waals surface area (Å²) in [5.74, 6) is -1.37. The van der Waals surface area contributed by atoms with Crippen LogP contribution in [0.5, 0.6) is 5.75 Å². The van der Waals surface area contributed by atoms with Crippen LogP contribution in [0.25, 0.3) is 5.69 Å². The van der Waals surface area contributed by atoms with Crippen LogP contribution in [0.3, 0.4) is 0 Å². The maximum absolute atomic E-state index is 12.8. The maximum Gasteiger partial charge on any atom is 0.417 e. The number of esters is 1. The first-order valence-corrected chi connectivity index (χ1v) is 6.44. The van der Waals surface area contributed by atoms with Gasteiger partial charge in [-0.3, -0.25) is 0 Å². The van der Waals surface area contributed by atoms with Crippen molar-refractivity contribution in [2.24, 2.45) is 0 Å². The van der Waals surface area contributed by atoms with Gasteiger partial charge in [0.25, 0.3) is 0 Å². The molecule has 0 spiro atoms. The summed E-state index contributed by atoms with van der Waals surface area (Å²) < 4.78 is 44.1. The van der Waals surface area contributed by atoms with Crippen molar-refractivity contribution >= 4 is 17.6 Å². The molecule has 22 heavy (non-hydrogen) atoms. The Hall–Kier alpha value is -2.22. The topological polar surface area (TPSA) is 64.3 Å². The minimum Gasteiger partial charge on any atom is -0.504 e. The first kappa shape index (κ1) is 16.2. The lowest BCUT2D eigenvalue weighted by atomic mass is 10.2. The molecule has 1 N–H and O–H groups in total. The normalized spacial score (nSPS) is 11.5. The summed E-state index contributed by atoms with van der Waals surface area (Å²) in [7, 11) is 0. The fraction of sp³-hybridized carbons (Fsp3) is 0.231. The van der Waals surface area contributed by atoms with Crippen molar-refractivity contribution in [2.75, 3.05) is 6.61 Å². The second-order valence-electron chi connectivity index (χ2n) is 4.19. The van der Waals surface area contributed by atoms with Crippen molar-refractivity contribution < 1.29 is 27.8 Å². The molecule has 1 aromatic heterocycles. The molecule has 0 bridgehead atoms. The molecule has 0 aliphatic carbocycles. The molecule has 0 saturated carbocycles. The number of halogens is 4. The first-order valence-electron chi connectivity index (χ1n) is 6.07. The van der Waals surface area contributed by atoms with Gasteiger partial charge in [0, 0.05) is 0 Å². The average molecular weight is 335 g/mol.